The van der Waals surface area contributed by atoms with Crippen LogP contribution < -0.4 is 4.72 Å². The number of imide groups is 1. The number of carbonyl (C=O) groups excluding carboxylic acids is 2. The third kappa shape index (κ3) is 3.91. The van der Waals surface area contributed by atoms with Crippen LogP contribution in [0.4, 0.5) is 0 Å². The smallest absolute Gasteiger partial charge is 0.261 e. The minimum atomic E-state index is -3.55. The molecule has 1 saturated heterocycles. The maximum Gasteiger partial charge on any atom is 0.261 e. The molecule has 0 aromatic heterocycles. The summed E-state index contributed by atoms with van der Waals surface area (Å²) in [4.78, 5) is 27.8. The first kappa shape index (κ1) is 18.0. The van der Waals surface area contributed by atoms with Crippen LogP contribution in [0.1, 0.15) is 40.5 Å². The van der Waals surface area contributed by atoms with Crippen molar-refractivity contribution in [1.82, 2.24) is 14.5 Å². The van der Waals surface area contributed by atoms with Gasteiger partial charge in [-0.1, -0.05) is 12.1 Å². The zero-order chi connectivity index (χ0) is 18.0. The number of rotatable bonds is 7. The van der Waals surface area contributed by atoms with Crippen molar-refractivity contribution in [3.63, 3.8) is 0 Å². The van der Waals surface area contributed by atoms with Gasteiger partial charge in [0.15, 0.2) is 0 Å². The van der Waals surface area contributed by atoms with Crippen LogP contribution in [-0.4, -0.2) is 68.0 Å². The van der Waals surface area contributed by atoms with Gasteiger partial charge in [0.1, 0.15) is 0 Å². The van der Waals surface area contributed by atoms with Crippen molar-refractivity contribution in [1.29, 1.82) is 0 Å². The summed E-state index contributed by atoms with van der Waals surface area (Å²) >= 11 is 0. The maximum atomic E-state index is 12.2. The van der Waals surface area contributed by atoms with E-state index in [1.165, 1.54) is 0 Å². The van der Waals surface area contributed by atoms with Crippen molar-refractivity contribution in [2.75, 3.05) is 31.9 Å². The van der Waals surface area contributed by atoms with E-state index in [1.807, 2.05) is 6.92 Å². The van der Waals surface area contributed by atoms with Gasteiger partial charge in [0, 0.05) is 19.1 Å². The number of sulfonamides is 1. The van der Waals surface area contributed by atoms with E-state index in [1.54, 1.807) is 24.3 Å². The molecule has 1 unspecified atom stereocenters. The Morgan fingerprint density at radius 1 is 1.08 bits per heavy atom. The molecule has 1 aromatic carbocycles. The molecule has 2 amide bonds. The number of hydrogen-bond donors (Lipinski definition) is 1. The van der Waals surface area contributed by atoms with E-state index in [9.17, 15) is 18.0 Å². The highest BCUT2D eigenvalue weighted by molar-refractivity contribution is 7.89. The molecule has 0 radical (unpaired) electrons. The molecule has 1 N–H and O–H groups in total. The van der Waals surface area contributed by atoms with Crippen LogP contribution in [0.15, 0.2) is 24.3 Å². The van der Waals surface area contributed by atoms with Gasteiger partial charge in [-0.05, 0) is 45.0 Å². The van der Waals surface area contributed by atoms with Crippen LogP contribution in [0, 0.1) is 0 Å². The first-order valence-corrected chi connectivity index (χ1v) is 10.2. The Balaban J connectivity index is 1.54. The number of benzene rings is 1. The molecule has 7 nitrogen and oxygen atoms in total. The third-order valence-corrected chi connectivity index (χ3v) is 6.15. The highest BCUT2D eigenvalue weighted by Gasteiger charge is 2.35. The van der Waals surface area contributed by atoms with Gasteiger partial charge in [-0.2, -0.15) is 0 Å². The molecule has 2 aliphatic rings. The molecule has 2 aliphatic heterocycles. The van der Waals surface area contributed by atoms with Crippen molar-refractivity contribution >= 4 is 21.8 Å². The minimum Gasteiger partial charge on any atom is -0.299 e. The topological polar surface area (TPSA) is 86.8 Å². The molecule has 25 heavy (non-hydrogen) atoms. The van der Waals surface area contributed by atoms with Crippen LogP contribution in [0.5, 0.6) is 0 Å². The second-order valence-electron chi connectivity index (χ2n) is 6.57. The summed E-state index contributed by atoms with van der Waals surface area (Å²) in [7, 11) is -3.55. The third-order valence-electron chi connectivity index (χ3n) is 4.82. The van der Waals surface area contributed by atoms with Crippen molar-refractivity contribution in [3.05, 3.63) is 35.4 Å². The molecule has 0 saturated carbocycles. The standard InChI is InChI=1S/C17H23N3O4S/c1-13(19-8-4-5-9-19)12-18-25(23,24)11-10-20-16(21)14-6-2-3-7-15(14)17(20)22/h2-3,6-7,13,18H,4-5,8-12H2,1H3. The number of nitrogens with zero attached hydrogens (tertiary/aromatic N) is 2. The quantitative estimate of drug-likeness (QED) is 0.719. The van der Waals surface area contributed by atoms with Crippen LogP contribution >= 0.6 is 0 Å². The SMILES string of the molecule is CC(CNS(=O)(=O)CCN1C(=O)c2ccccc2C1=O)N1CCCC1. The zero-order valence-electron chi connectivity index (χ0n) is 14.3. The van der Waals surface area contributed by atoms with E-state index in [0.717, 1.165) is 30.8 Å². The Kier molecular flexibility index (Phi) is 5.21. The Labute approximate surface area is 148 Å². The lowest BCUT2D eigenvalue weighted by Crippen LogP contribution is -2.43. The van der Waals surface area contributed by atoms with E-state index < -0.39 is 21.8 Å². The molecule has 3 rings (SSSR count). The minimum absolute atomic E-state index is 0.136. The number of carbonyl (C=O) groups is 2. The van der Waals surface area contributed by atoms with Gasteiger partial charge in [0.25, 0.3) is 11.8 Å². The van der Waals surface area contributed by atoms with E-state index in [-0.39, 0.29) is 18.3 Å². The second kappa shape index (κ2) is 7.23. The van der Waals surface area contributed by atoms with Crippen molar-refractivity contribution < 1.29 is 18.0 Å². The summed E-state index contributed by atoms with van der Waals surface area (Å²) in [6.45, 7) is 4.19. The van der Waals surface area contributed by atoms with Gasteiger partial charge in [-0.15, -0.1) is 0 Å². The molecule has 0 spiro atoms. The summed E-state index contributed by atoms with van der Waals surface area (Å²) in [6.07, 6.45) is 2.30. The van der Waals surface area contributed by atoms with Gasteiger partial charge in [0.2, 0.25) is 10.0 Å². The lowest BCUT2D eigenvalue weighted by atomic mass is 10.1. The number of nitrogens with one attached hydrogen (secondary N) is 1. The Morgan fingerprint density at radius 2 is 1.64 bits per heavy atom. The second-order valence-corrected chi connectivity index (χ2v) is 8.49. The fourth-order valence-corrected chi connectivity index (χ4v) is 4.35. The fraction of sp³-hybridized carbons (Fsp3) is 0.529. The molecular weight excluding hydrogens is 342 g/mol. The van der Waals surface area contributed by atoms with E-state index in [0.29, 0.717) is 17.7 Å². The van der Waals surface area contributed by atoms with E-state index >= 15 is 0 Å². The monoisotopic (exact) mass is 365 g/mol. The molecule has 0 aliphatic carbocycles. The number of fused-ring (bicyclic) bond motifs is 1. The summed E-state index contributed by atoms with van der Waals surface area (Å²) in [5.41, 5.74) is 0.668. The molecule has 1 atom stereocenters. The van der Waals surface area contributed by atoms with Gasteiger partial charge < -0.3 is 0 Å². The van der Waals surface area contributed by atoms with Crippen molar-refractivity contribution in [2.45, 2.75) is 25.8 Å². The Morgan fingerprint density at radius 3 is 2.20 bits per heavy atom. The van der Waals surface area contributed by atoms with Gasteiger partial charge >= 0.3 is 0 Å². The van der Waals surface area contributed by atoms with Crippen LogP contribution in [0.2, 0.25) is 0 Å². The summed E-state index contributed by atoms with van der Waals surface area (Å²) in [5.74, 6) is -1.15. The van der Waals surface area contributed by atoms with Crippen LogP contribution in [0.25, 0.3) is 0 Å². The maximum absolute atomic E-state index is 12.2. The fourth-order valence-electron chi connectivity index (χ4n) is 3.28. The van der Waals surface area contributed by atoms with Gasteiger partial charge in [-0.25, -0.2) is 13.1 Å². The summed E-state index contributed by atoms with van der Waals surface area (Å²) in [6, 6.07) is 6.67. The van der Waals surface area contributed by atoms with Crippen LogP contribution in [0.3, 0.4) is 0 Å². The lowest BCUT2D eigenvalue weighted by molar-refractivity contribution is 0.0664. The van der Waals surface area contributed by atoms with E-state index in [4.69, 9.17) is 0 Å². The van der Waals surface area contributed by atoms with Crippen molar-refractivity contribution in [2.24, 2.45) is 0 Å². The summed E-state index contributed by atoms with van der Waals surface area (Å²) in [5, 5.41) is 0. The lowest BCUT2D eigenvalue weighted by Gasteiger charge is -2.24. The highest BCUT2D eigenvalue weighted by Crippen LogP contribution is 2.22. The van der Waals surface area contributed by atoms with Gasteiger partial charge in [0.05, 0.1) is 16.9 Å². The van der Waals surface area contributed by atoms with Crippen molar-refractivity contribution in [3.8, 4) is 0 Å². The largest absolute Gasteiger partial charge is 0.299 e. The molecule has 0 bridgehead atoms. The molecular formula is C17H23N3O4S. The zero-order valence-corrected chi connectivity index (χ0v) is 15.1. The Hall–Kier alpha value is -1.77. The average Bonchev–Trinajstić information content (AvgIpc) is 3.21. The number of hydrogen-bond acceptors (Lipinski definition) is 5. The molecule has 1 fully saturated rings. The average molecular weight is 365 g/mol. The first-order chi connectivity index (χ1) is 11.9. The van der Waals surface area contributed by atoms with E-state index in [2.05, 4.69) is 9.62 Å². The molecule has 2 heterocycles. The van der Waals surface area contributed by atoms with Crippen LogP contribution in [-0.2, 0) is 10.0 Å². The first-order valence-electron chi connectivity index (χ1n) is 8.55. The van der Waals surface area contributed by atoms with Gasteiger partial charge in [-0.3, -0.25) is 19.4 Å². The molecule has 1 aromatic rings. The summed E-state index contributed by atoms with van der Waals surface area (Å²) < 4.78 is 27.0. The predicted octanol–water partition coefficient (Wildman–Crippen LogP) is 0.686. The number of likely N-dealkylation sites (tertiary alicyclic amines) is 1. The highest BCUT2D eigenvalue weighted by atomic mass is 32.2. The number of amides is 2. The predicted molar refractivity (Wildman–Crippen MR) is 93.9 cm³/mol. The Bertz CT molecular complexity index is 737. The molecule has 8 heteroatoms. The molecule has 136 valence electrons. The normalized spacial score (nSPS) is 19.5.